The summed E-state index contributed by atoms with van der Waals surface area (Å²) in [5.41, 5.74) is 0.592. The molecule has 2 atom stereocenters. The van der Waals surface area contributed by atoms with Gasteiger partial charge in [-0.05, 0) is 36.9 Å². The molecule has 0 radical (unpaired) electrons. The average Bonchev–Trinajstić information content (AvgIpc) is 2.68. The normalized spacial score (nSPS) is 13.9. The van der Waals surface area contributed by atoms with Crippen LogP contribution in [0.1, 0.15) is 17.2 Å². The minimum atomic E-state index is -4.47. The number of fused-ring (bicyclic) bond motifs is 1. The van der Waals surface area contributed by atoms with Crippen molar-refractivity contribution in [1.29, 1.82) is 0 Å². The number of hydrogen-bond donors (Lipinski definition) is 3. The van der Waals surface area contributed by atoms with Crippen LogP contribution < -0.4 is 10.6 Å². The Hall–Kier alpha value is -2.97. The van der Waals surface area contributed by atoms with Crippen molar-refractivity contribution < 1.29 is 23.1 Å². The van der Waals surface area contributed by atoms with Crippen molar-refractivity contribution in [3.05, 3.63) is 71.9 Å². The molecule has 8 heteroatoms. The number of pyridine rings is 1. The number of halogens is 3. The molecular formula is C20H18F3N3O2. The molecule has 0 aliphatic heterocycles. The Morgan fingerprint density at radius 2 is 1.79 bits per heavy atom. The average molecular weight is 389 g/mol. The predicted octanol–water partition coefficient (Wildman–Crippen LogP) is 3.51. The highest BCUT2D eigenvalue weighted by molar-refractivity contribution is 5.96. The maximum absolute atomic E-state index is 12.7. The van der Waals surface area contributed by atoms with Crippen molar-refractivity contribution in [2.75, 3.05) is 12.4 Å². The van der Waals surface area contributed by atoms with Gasteiger partial charge in [0.05, 0.1) is 23.0 Å². The second kappa shape index (κ2) is 7.95. The van der Waals surface area contributed by atoms with Crippen LogP contribution >= 0.6 is 0 Å². The number of likely N-dealkylation sites (N-methyl/N-ethyl adjacent to an activating group) is 1. The monoisotopic (exact) mass is 389 g/mol. The standard InChI is InChI=1S/C20H18F3N3O2/c1-24-17(18(27)12-6-8-14(9-7-12)20(21,22)23)19(28)26-15-10-13-4-2-3-5-16(13)25-11-15/h2-11,17-18,24,27H,1H3,(H,26,28). The summed E-state index contributed by atoms with van der Waals surface area (Å²) < 4.78 is 38.0. The van der Waals surface area contributed by atoms with Crippen LogP contribution in [-0.4, -0.2) is 29.1 Å². The van der Waals surface area contributed by atoms with Gasteiger partial charge in [0, 0.05) is 5.39 Å². The van der Waals surface area contributed by atoms with E-state index >= 15 is 0 Å². The van der Waals surface area contributed by atoms with E-state index in [2.05, 4.69) is 15.6 Å². The number of anilines is 1. The van der Waals surface area contributed by atoms with Gasteiger partial charge in [0.15, 0.2) is 0 Å². The van der Waals surface area contributed by atoms with Crippen molar-refractivity contribution in [2.24, 2.45) is 0 Å². The number of nitrogens with one attached hydrogen (secondary N) is 2. The Kier molecular flexibility index (Phi) is 5.62. The van der Waals surface area contributed by atoms with Crippen LogP contribution in [-0.2, 0) is 11.0 Å². The molecule has 0 bridgehead atoms. The van der Waals surface area contributed by atoms with Crippen molar-refractivity contribution in [1.82, 2.24) is 10.3 Å². The highest BCUT2D eigenvalue weighted by Gasteiger charge is 2.31. The molecule has 0 saturated heterocycles. The number of carbonyl (C=O) groups is 1. The van der Waals surface area contributed by atoms with Crippen LogP contribution in [0.25, 0.3) is 10.9 Å². The molecule has 1 aromatic heterocycles. The summed E-state index contributed by atoms with van der Waals surface area (Å²) in [6, 6.07) is 12.1. The van der Waals surface area contributed by atoms with Gasteiger partial charge in [-0.15, -0.1) is 0 Å². The smallest absolute Gasteiger partial charge is 0.386 e. The first-order valence-electron chi connectivity index (χ1n) is 8.48. The molecule has 5 nitrogen and oxygen atoms in total. The zero-order chi connectivity index (χ0) is 20.3. The van der Waals surface area contributed by atoms with E-state index in [-0.39, 0.29) is 5.56 Å². The fourth-order valence-electron chi connectivity index (χ4n) is 2.85. The molecule has 2 aromatic carbocycles. The second-order valence-corrected chi connectivity index (χ2v) is 6.24. The van der Waals surface area contributed by atoms with Gasteiger partial charge in [-0.25, -0.2) is 0 Å². The maximum atomic E-state index is 12.7. The largest absolute Gasteiger partial charge is 0.416 e. The molecule has 3 aromatic rings. The number of para-hydroxylation sites is 1. The molecule has 0 aliphatic carbocycles. The Labute approximate surface area is 159 Å². The molecule has 1 amide bonds. The lowest BCUT2D eigenvalue weighted by Crippen LogP contribution is -2.43. The van der Waals surface area contributed by atoms with Crippen LogP contribution in [0.5, 0.6) is 0 Å². The van der Waals surface area contributed by atoms with Gasteiger partial charge in [0.1, 0.15) is 12.1 Å². The molecule has 3 N–H and O–H groups in total. The summed E-state index contributed by atoms with van der Waals surface area (Å²) in [4.78, 5) is 16.8. The summed E-state index contributed by atoms with van der Waals surface area (Å²) >= 11 is 0. The van der Waals surface area contributed by atoms with Gasteiger partial charge in [0.2, 0.25) is 5.91 Å². The van der Waals surface area contributed by atoms with Crippen LogP contribution in [0.15, 0.2) is 60.8 Å². The Morgan fingerprint density at radius 1 is 1.11 bits per heavy atom. The molecule has 2 unspecified atom stereocenters. The SMILES string of the molecule is CNC(C(=O)Nc1cnc2ccccc2c1)C(O)c1ccc(C(F)(F)F)cc1. The van der Waals surface area contributed by atoms with Crippen LogP contribution in [0.4, 0.5) is 18.9 Å². The molecular weight excluding hydrogens is 371 g/mol. The van der Waals surface area contributed by atoms with Crippen molar-refractivity contribution in [3.63, 3.8) is 0 Å². The molecule has 28 heavy (non-hydrogen) atoms. The van der Waals surface area contributed by atoms with E-state index in [1.165, 1.54) is 13.2 Å². The van der Waals surface area contributed by atoms with Crippen molar-refractivity contribution in [2.45, 2.75) is 18.3 Å². The third kappa shape index (κ3) is 4.29. The lowest BCUT2D eigenvalue weighted by atomic mass is 10.00. The molecule has 0 spiro atoms. The summed E-state index contributed by atoms with van der Waals surface area (Å²) in [6.45, 7) is 0. The number of alkyl halides is 3. The topological polar surface area (TPSA) is 74.2 Å². The number of amides is 1. The maximum Gasteiger partial charge on any atom is 0.416 e. The number of nitrogens with zero attached hydrogens (tertiary/aromatic N) is 1. The summed E-state index contributed by atoms with van der Waals surface area (Å²) in [6.07, 6.45) is -4.30. The van der Waals surface area contributed by atoms with Crippen LogP contribution in [0, 0.1) is 0 Å². The number of aliphatic hydroxyl groups excluding tert-OH is 1. The van der Waals surface area contributed by atoms with E-state index in [0.29, 0.717) is 5.69 Å². The number of aromatic nitrogens is 1. The molecule has 0 aliphatic rings. The van der Waals surface area contributed by atoms with Crippen molar-refractivity contribution in [3.8, 4) is 0 Å². The molecule has 0 saturated carbocycles. The Bertz CT molecular complexity index is 974. The van der Waals surface area contributed by atoms with Gasteiger partial charge >= 0.3 is 6.18 Å². The van der Waals surface area contributed by atoms with E-state index in [0.717, 1.165) is 35.2 Å². The first kappa shape index (κ1) is 19.8. The van der Waals surface area contributed by atoms with Gasteiger partial charge in [-0.1, -0.05) is 30.3 Å². The van der Waals surface area contributed by atoms with Gasteiger partial charge in [0.25, 0.3) is 0 Å². The van der Waals surface area contributed by atoms with Gasteiger partial charge < -0.3 is 15.7 Å². The van der Waals surface area contributed by atoms with Crippen LogP contribution in [0.2, 0.25) is 0 Å². The highest BCUT2D eigenvalue weighted by Crippen LogP contribution is 2.30. The van der Waals surface area contributed by atoms with Gasteiger partial charge in [-0.2, -0.15) is 13.2 Å². The summed E-state index contributed by atoms with van der Waals surface area (Å²) in [5, 5.41) is 16.7. The van der Waals surface area contributed by atoms with Crippen LogP contribution in [0.3, 0.4) is 0 Å². The van der Waals surface area contributed by atoms with Gasteiger partial charge in [-0.3, -0.25) is 9.78 Å². The number of hydrogen-bond acceptors (Lipinski definition) is 4. The lowest BCUT2D eigenvalue weighted by molar-refractivity contribution is -0.137. The molecule has 3 rings (SSSR count). The Balaban J connectivity index is 1.76. The minimum absolute atomic E-state index is 0.194. The van der Waals surface area contributed by atoms with E-state index in [9.17, 15) is 23.1 Å². The highest BCUT2D eigenvalue weighted by atomic mass is 19.4. The third-order valence-corrected chi connectivity index (χ3v) is 4.35. The van der Waals surface area contributed by atoms with E-state index in [1.807, 2.05) is 24.3 Å². The zero-order valence-corrected chi connectivity index (χ0v) is 14.9. The predicted molar refractivity (Wildman–Crippen MR) is 99.6 cm³/mol. The fraction of sp³-hybridized carbons (Fsp3) is 0.200. The lowest BCUT2D eigenvalue weighted by Gasteiger charge is -2.22. The zero-order valence-electron chi connectivity index (χ0n) is 14.9. The molecule has 0 fully saturated rings. The molecule has 146 valence electrons. The number of aliphatic hydroxyl groups is 1. The summed E-state index contributed by atoms with van der Waals surface area (Å²) in [7, 11) is 1.48. The van der Waals surface area contributed by atoms with E-state index < -0.39 is 29.8 Å². The number of benzene rings is 2. The first-order valence-corrected chi connectivity index (χ1v) is 8.48. The Morgan fingerprint density at radius 3 is 2.43 bits per heavy atom. The molecule has 1 heterocycles. The second-order valence-electron chi connectivity index (χ2n) is 6.24. The first-order chi connectivity index (χ1) is 13.3. The van der Waals surface area contributed by atoms with Crippen molar-refractivity contribution >= 4 is 22.5 Å². The quantitative estimate of drug-likeness (QED) is 0.624. The number of rotatable bonds is 5. The number of carbonyl (C=O) groups excluding carboxylic acids is 1. The minimum Gasteiger partial charge on any atom is -0.386 e. The summed E-state index contributed by atoms with van der Waals surface area (Å²) in [5.74, 6) is -0.535. The fourth-order valence-corrected chi connectivity index (χ4v) is 2.85. The third-order valence-electron chi connectivity index (χ3n) is 4.35. The van der Waals surface area contributed by atoms with E-state index in [1.54, 1.807) is 6.07 Å². The van der Waals surface area contributed by atoms with E-state index in [4.69, 9.17) is 0 Å².